The fraction of sp³-hybridized carbons (Fsp3) is 0.308. The highest BCUT2D eigenvalue weighted by atomic mass is 19.1. The Morgan fingerprint density at radius 3 is 2.75 bits per heavy atom. The summed E-state index contributed by atoms with van der Waals surface area (Å²) < 4.78 is 27.9. The first kappa shape index (κ1) is 32.4. The number of anilines is 2. The lowest BCUT2D eigenvalue weighted by molar-refractivity contribution is 0.102. The first-order chi connectivity index (χ1) is 24.8. The Bertz CT molecular complexity index is 2320. The van der Waals surface area contributed by atoms with Gasteiger partial charge in [0.25, 0.3) is 5.91 Å². The van der Waals surface area contributed by atoms with Crippen LogP contribution >= 0.6 is 0 Å². The van der Waals surface area contributed by atoms with Crippen LogP contribution in [0, 0.1) is 29.5 Å². The number of methoxy groups -OCH3 is 1. The van der Waals surface area contributed by atoms with Gasteiger partial charge in [0.2, 0.25) is 5.88 Å². The lowest BCUT2D eigenvalue weighted by atomic mass is 9.90. The molecule has 258 valence electrons. The zero-order chi connectivity index (χ0) is 35.1. The van der Waals surface area contributed by atoms with Crippen molar-refractivity contribution in [1.82, 2.24) is 24.7 Å². The number of ether oxygens (including phenoxy) is 2. The Labute approximate surface area is 294 Å². The van der Waals surface area contributed by atoms with Gasteiger partial charge in [-0.25, -0.2) is 9.37 Å². The van der Waals surface area contributed by atoms with E-state index in [-0.39, 0.29) is 23.5 Å². The molecule has 11 nitrogen and oxygen atoms in total. The van der Waals surface area contributed by atoms with Crippen molar-refractivity contribution < 1.29 is 18.7 Å². The Morgan fingerprint density at radius 2 is 1.94 bits per heavy atom. The maximum Gasteiger partial charge on any atom is 0.255 e. The summed E-state index contributed by atoms with van der Waals surface area (Å²) in [5, 5.41) is 20.3. The molecular formula is C39H37FN8O3. The highest BCUT2D eigenvalue weighted by Crippen LogP contribution is 2.65. The number of pyridine rings is 1. The van der Waals surface area contributed by atoms with Gasteiger partial charge >= 0.3 is 0 Å². The highest BCUT2D eigenvalue weighted by Gasteiger charge is 2.57. The van der Waals surface area contributed by atoms with Gasteiger partial charge in [0.1, 0.15) is 24.1 Å². The number of aromatic amines is 1. The molecule has 4 heterocycles. The summed E-state index contributed by atoms with van der Waals surface area (Å²) in [4.78, 5) is 25.5. The van der Waals surface area contributed by atoms with Crippen molar-refractivity contribution in [2.45, 2.75) is 45.3 Å². The van der Waals surface area contributed by atoms with Gasteiger partial charge in [-0.1, -0.05) is 12.1 Å². The normalized spacial score (nSPS) is 16.4. The van der Waals surface area contributed by atoms with Crippen LogP contribution in [0.2, 0.25) is 0 Å². The molecule has 0 bridgehead atoms. The van der Waals surface area contributed by atoms with E-state index in [2.05, 4.69) is 25.0 Å². The molecule has 1 atom stereocenters. The molecule has 1 unspecified atom stereocenters. The number of amides is 1. The fourth-order valence-electron chi connectivity index (χ4n) is 7.39. The number of carbonyl (C=O) groups excluding carboxylic acids is 1. The molecule has 51 heavy (non-hydrogen) atoms. The van der Waals surface area contributed by atoms with Gasteiger partial charge in [-0.15, -0.1) is 0 Å². The van der Waals surface area contributed by atoms with E-state index in [9.17, 15) is 9.18 Å². The van der Waals surface area contributed by atoms with Crippen LogP contribution in [-0.4, -0.2) is 57.4 Å². The summed E-state index contributed by atoms with van der Waals surface area (Å²) in [5.41, 5.74) is 5.67. The lowest BCUT2D eigenvalue weighted by Crippen LogP contribution is -2.35. The summed E-state index contributed by atoms with van der Waals surface area (Å²) >= 11 is 0. The van der Waals surface area contributed by atoms with Gasteiger partial charge in [-0.05, 0) is 86.2 Å². The number of nitrogens with one attached hydrogen (secondary N) is 2. The minimum atomic E-state index is -0.470. The van der Waals surface area contributed by atoms with Crippen molar-refractivity contribution >= 4 is 39.3 Å². The predicted molar refractivity (Wildman–Crippen MR) is 191 cm³/mol. The molecule has 1 saturated carbocycles. The average molecular weight is 685 g/mol. The van der Waals surface area contributed by atoms with E-state index in [0.717, 1.165) is 71.6 Å². The summed E-state index contributed by atoms with van der Waals surface area (Å²) in [5.74, 6) is 1.97. The van der Waals surface area contributed by atoms with Gasteiger partial charge in [-0.2, -0.15) is 15.3 Å². The molecule has 1 spiro atoms. The van der Waals surface area contributed by atoms with Crippen molar-refractivity contribution in [1.29, 1.82) is 5.26 Å². The van der Waals surface area contributed by atoms with Crippen molar-refractivity contribution in [3.8, 4) is 11.9 Å². The maximum absolute atomic E-state index is 14.4. The minimum Gasteiger partial charge on any atom is -0.473 e. The third-order valence-corrected chi connectivity index (χ3v) is 10.4. The van der Waals surface area contributed by atoms with Gasteiger partial charge in [0, 0.05) is 66.6 Å². The predicted octanol–water partition coefficient (Wildman–Crippen LogP) is 6.88. The van der Waals surface area contributed by atoms with Gasteiger partial charge in [0.05, 0.1) is 34.8 Å². The third kappa shape index (κ3) is 6.25. The van der Waals surface area contributed by atoms with E-state index >= 15 is 0 Å². The number of nitrogens with zero attached hydrogens (tertiary/aromatic N) is 6. The largest absolute Gasteiger partial charge is 0.473 e. The van der Waals surface area contributed by atoms with Crippen LogP contribution in [0.1, 0.15) is 58.2 Å². The second-order valence-corrected chi connectivity index (χ2v) is 13.5. The van der Waals surface area contributed by atoms with Crippen molar-refractivity contribution in [3.05, 3.63) is 107 Å². The monoisotopic (exact) mass is 684 g/mol. The van der Waals surface area contributed by atoms with Gasteiger partial charge in [0.15, 0.2) is 0 Å². The summed E-state index contributed by atoms with van der Waals surface area (Å²) in [6.07, 6.45) is 3.07. The van der Waals surface area contributed by atoms with Crippen LogP contribution in [0.4, 0.5) is 15.9 Å². The molecule has 1 saturated heterocycles. The number of hydrogen-bond donors (Lipinski definition) is 2. The molecule has 1 amide bonds. The number of fused-ring (bicyclic) bond motifs is 2. The Hall–Kier alpha value is -5.80. The first-order valence-electron chi connectivity index (χ1n) is 17.1. The number of halogens is 1. The number of H-pyrrole nitrogens is 1. The minimum absolute atomic E-state index is 0.0248. The molecule has 12 heteroatoms. The number of nitriles is 1. The second-order valence-electron chi connectivity index (χ2n) is 13.5. The van der Waals surface area contributed by atoms with Gasteiger partial charge < -0.3 is 24.3 Å². The van der Waals surface area contributed by atoms with E-state index in [0.29, 0.717) is 41.8 Å². The number of benzene rings is 3. The molecule has 2 N–H and O–H groups in total. The Morgan fingerprint density at radius 1 is 1.08 bits per heavy atom. The topological polar surface area (TPSA) is 134 Å². The lowest BCUT2D eigenvalue weighted by Gasteiger charge is -2.34. The molecule has 3 aromatic heterocycles. The van der Waals surface area contributed by atoms with E-state index < -0.39 is 5.82 Å². The van der Waals surface area contributed by atoms with Crippen molar-refractivity contribution in [2.24, 2.45) is 5.41 Å². The summed E-state index contributed by atoms with van der Waals surface area (Å²) in [6, 6.07) is 23.4. The number of rotatable bonds is 10. The zero-order valence-corrected chi connectivity index (χ0v) is 28.4. The van der Waals surface area contributed by atoms with Crippen LogP contribution in [0.25, 0.3) is 21.9 Å². The SMILES string of the molecule is COCCn1c(C2CC23CCN(c2cccc(OCc4ccc(C#N)cc4F)n2)CC3)nc2cc(C(=O)Nc3ccc4n[nH]c(C)c4c3)ccc21. The van der Waals surface area contributed by atoms with E-state index in [1.54, 1.807) is 25.3 Å². The molecule has 2 fully saturated rings. The average Bonchev–Trinajstić information content (AvgIpc) is 3.52. The fourth-order valence-corrected chi connectivity index (χ4v) is 7.39. The number of aromatic nitrogens is 5. The number of hydrogen-bond acceptors (Lipinski definition) is 8. The van der Waals surface area contributed by atoms with E-state index in [1.807, 2.05) is 61.5 Å². The van der Waals surface area contributed by atoms with Gasteiger partial charge in [-0.3, -0.25) is 9.89 Å². The molecule has 3 aromatic carbocycles. The van der Waals surface area contributed by atoms with Crippen molar-refractivity contribution in [2.75, 3.05) is 37.0 Å². The molecule has 8 rings (SSSR count). The van der Waals surface area contributed by atoms with Crippen LogP contribution in [0.3, 0.4) is 0 Å². The van der Waals surface area contributed by atoms with Crippen LogP contribution in [0.5, 0.6) is 5.88 Å². The van der Waals surface area contributed by atoms with Crippen molar-refractivity contribution in [3.63, 3.8) is 0 Å². The number of aryl methyl sites for hydroxylation is 1. The number of imidazole rings is 1. The molecule has 1 aliphatic heterocycles. The van der Waals surface area contributed by atoms with Crippen LogP contribution in [-0.2, 0) is 17.9 Å². The molecule has 1 aliphatic carbocycles. The Balaban J connectivity index is 0.951. The quantitative estimate of drug-likeness (QED) is 0.160. The highest BCUT2D eigenvalue weighted by molar-refractivity contribution is 6.06. The Kier molecular flexibility index (Phi) is 8.36. The zero-order valence-electron chi connectivity index (χ0n) is 28.4. The smallest absolute Gasteiger partial charge is 0.255 e. The molecule has 0 radical (unpaired) electrons. The molecular weight excluding hydrogens is 647 g/mol. The maximum atomic E-state index is 14.4. The molecule has 2 aliphatic rings. The second kappa shape index (κ2) is 13.2. The third-order valence-electron chi connectivity index (χ3n) is 10.4. The number of piperidine rings is 1. The van der Waals surface area contributed by atoms with Crippen LogP contribution < -0.4 is 15.0 Å². The first-order valence-corrected chi connectivity index (χ1v) is 17.1. The number of carbonyl (C=O) groups is 1. The summed E-state index contributed by atoms with van der Waals surface area (Å²) in [7, 11) is 1.71. The van der Waals surface area contributed by atoms with E-state index in [1.165, 1.54) is 6.07 Å². The molecule has 6 aromatic rings. The van der Waals surface area contributed by atoms with E-state index in [4.69, 9.17) is 24.7 Å². The van der Waals surface area contributed by atoms with Crippen LogP contribution in [0.15, 0.2) is 72.8 Å². The standard InChI is InChI=1S/C39H37FN8O3/c1-24-29-20-28(9-10-32(29)46-45-24)42-38(49)26-8-11-34-33(19-26)43-37(48(34)16-17-50-2)30-21-39(30)12-14-47(15-13-39)35-4-3-5-36(44-35)51-23-27-7-6-25(22-41)18-31(27)40/h3-11,18-20,30H,12-17,21,23H2,1-2H3,(H,42,49)(H,45,46). The summed E-state index contributed by atoms with van der Waals surface area (Å²) in [6.45, 7) is 4.93.